The zero-order chi connectivity index (χ0) is 17.1. The van der Waals surface area contributed by atoms with Crippen molar-refractivity contribution in [2.45, 2.75) is 85.5 Å². The van der Waals surface area contributed by atoms with Crippen LogP contribution in [0.15, 0.2) is 11.3 Å². The molecule has 1 nitrogen and oxygen atoms in total. The van der Waals surface area contributed by atoms with Crippen molar-refractivity contribution in [3.8, 4) is 0 Å². The Morgan fingerprint density at radius 2 is 1.83 bits per heavy atom. The third-order valence-electron chi connectivity index (χ3n) is 9.32. The lowest BCUT2D eigenvalue weighted by molar-refractivity contribution is -0.105. The smallest absolute Gasteiger partial charge is 0.162 e. The topological polar surface area (TPSA) is 4.36 Å². The van der Waals surface area contributed by atoms with Crippen molar-refractivity contribution in [2.75, 3.05) is 0 Å². The lowest BCUT2D eigenvalue weighted by atomic mass is 9.44. The number of allylic oxidation sites excluding steroid dienone is 2. The monoisotopic (exact) mass is 325 g/mol. The first-order valence-electron chi connectivity index (χ1n) is 10.5. The highest BCUT2D eigenvalue weighted by molar-refractivity contribution is 5.30. The minimum atomic E-state index is 0.348. The van der Waals surface area contributed by atoms with E-state index in [1.54, 1.807) is 0 Å². The maximum Gasteiger partial charge on any atom is 0.162 e. The predicted octanol–water partition coefficient (Wildman–Crippen LogP) is 6.86. The van der Waals surface area contributed by atoms with Crippen LogP contribution in [-0.4, -0.2) is 0 Å². The van der Waals surface area contributed by atoms with Crippen molar-refractivity contribution < 1.29 is 0 Å². The Morgan fingerprint density at radius 1 is 1.04 bits per heavy atom. The van der Waals surface area contributed by atoms with E-state index in [4.69, 9.17) is 6.57 Å². The van der Waals surface area contributed by atoms with E-state index in [1.807, 2.05) is 0 Å². The Balaban J connectivity index is 1.65. The summed E-state index contributed by atoms with van der Waals surface area (Å²) in [7, 11) is 0. The van der Waals surface area contributed by atoms with E-state index >= 15 is 0 Å². The third kappa shape index (κ3) is 2.17. The van der Waals surface area contributed by atoms with Crippen molar-refractivity contribution >= 4 is 0 Å². The fraction of sp³-hybridized carbons (Fsp3) is 0.870. The minimum Gasteiger partial charge on any atom is -0.243 e. The molecule has 0 heterocycles. The molecule has 0 aromatic rings. The molecule has 0 radical (unpaired) electrons. The first-order valence-corrected chi connectivity index (χ1v) is 10.5. The second kappa shape index (κ2) is 5.62. The van der Waals surface area contributed by atoms with Crippen LogP contribution in [0.4, 0.5) is 0 Å². The molecule has 0 N–H and O–H groups in total. The highest BCUT2D eigenvalue weighted by Crippen LogP contribution is 2.67. The summed E-state index contributed by atoms with van der Waals surface area (Å²) in [6, 6.07) is 0. The summed E-state index contributed by atoms with van der Waals surface area (Å²) in [5.74, 6) is 4.72. The molecule has 4 aliphatic rings. The highest BCUT2D eigenvalue weighted by atomic mass is 14.7. The molecule has 0 amide bonds. The molecule has 132 valence electrons. The standard InChI is InChI=1S/C23H35N/c1-15-10-12-22(3)17(14-15)6-7-18-20-9-8-19(16(2)24-5)23(20,4)13-11-21(18)22/h15,17-18,20-21H,6-14H2,1-4H3/b19-16-/t15-,17+,18-,20-,21-,22-,23+/m0/s1. The Morgan fingerprint density at radius 3 is 2.58 bits per heavy atom. The molecular weight excluding hydrogens is 290 g/mol. The SMILES string of the molecule is [C-]#[N+]/C(C)=C1/CC[C@H]2[C@@H]3CC[C@@H]4C[C@@H](C)CC[C@]4(C)[C@H]3CC[C@]12C. The van der Waals surface area contributed by atoms with Gasteiger partial charge in [0.2, 0.25) is 0 Å². The summed E-state index contributed by atoms with van der Waals surface area (Å²) in [6.45, 7) is 17.2. The largest absolute Gasteiger partial charge is 0.243 e. The van der Waals surface area contributed by atoms with Gasteiger partial charge in [-0.3, -0.25) is 0 Å². The maximum atomic E-state index is 7.49. The second-order valence-electron chi connectivity index (χ2n) is 10.2. The van der Waals surface area contributed by atoms with Crippen molar-refractivity contribution in [1.29, 1.82) is 0 Å². The van der Waals surface area contributed by atoms with Gasteiger partial charge in [-0.25, -0.2) is 4.85 Å². The highest BCUT2D eigenvalue weighted by Gasteiger charge is 2.58. The summed E-state index contributed by atoms with van der Waals surface area (Å²) in [6.07, 6.45) is 12.7. The first kappa shape index (κ1) is 16.7. The summed E-state index contributed by atoms with van der Waals surface area (Å²) < 4.78 is 0. The molecule has 0 aliphatic heterocycles. The molecule has 0 saturated heterocycles. The molecular formula is C23H35N. The summed E-state index contributed by atoms with van der Waals surface area (Å²) >= 11 is 0. The molecule has 1 heteroatoms. The van der Waals surface area contributed by atoms with Crippen LogP contribution in [0.1, 0.15) is 85.5 Å². The van der Waals surface area contributed by atoms with E-state index in [2.05, 4.69) is 32.5 Å². The van der Waals surface area contributed by atoms with Gasteiger partial charge in [0.15, 0.2) is 5.70 Å². The van der Waals surface area contributed by atoms with E-state index in [-0.39, 0.29) is 0 Å². The van der Waals surface area contributed by atoms with Gasteiger partial charge in [-0.15, -0.1) is 0 Å². The van der Waals surface area contributed by atoms with E-state index < -0.39 is 0 Å². The Labute approximate surface area is 149 Å². The summed E-state index contributed by atoms with van der Waals surface area (Å²) in [5.41, 5.74) is 3.52. The summed E-state index contributed by atoms with van der Waals surface area (Å²) in [4.78, 5) is 3.83. The molecule has 4 fully saturated rings. The van der Waals surface area contributed by atoms with Crippen LogP contribution in [0.2, 0.25) is 0 Å². The van der Waals surface area contributed by atoms with Crippen molar-refractivity contribution in [3.63, 3.8) is 0 Å². The summed E-state index contributed by atoms with van der Waals surface area (Å²) in [5, 5.41) is 0. The lowest BCUT2D eigenvalue weighted by Crippen LogP contribution is -2.52. The van der Waals surface area contributed by atoms with Crippen LogP contribution in [0, 0.1) is 47.0 Å². The van der Waals surface area contributed by atoms with Gasteiger partial charge in [-0.1, -0.05) is 32.8 Å². The van der Waals surface area contributed by atoms with Gasteiger partial charge in [0.1, 0.15) is 0 Å². The molecule has 0 aromatic carbocycles. The Bertz CT molecular complexity index is 596. The van der Waals surface area contributed by atoms with Crippen LogP contribution in [-0.2, 0) is 0 Å². The van der Waals surface area contributed by atoms with Gasteiger partial charge in [-0.2, -0.15) is 0 Å². The van der Waals surface area contributed by atoms with Crippen molar-refractivity contribution in [1.82, 2.24) is 0 Å². The van der Waals surface area contributed by atoms with E-state index in [1.165, 1.54) is 63.4 Å². The van der Waals surface area contributed by atoms with Crippen molar-refractivity contribution in [3.05, 3.63) is 22.7 Å². The average molecular weight is 326 g/mol. The molecule has 0 spiro atoms. The van der Waals surface area contributed by atoms with Gasteiger partial charge >= 0.3 is 0 Å². The molecule has 24 heavy (non-hydrogen) atoms. The van der Waals surface area contributed by atoms with Gasteiger partial charge in [-0.05, 0) is 98.7 Å². The van der Waals surface area contributed by atoms with Crippen LogP contribution in [0.3, 0.4) is 0 Å². The van der Waals surface area contributed by atoms with E-state index in [0.29, 0.717) is 10.8 Å². The zero-order valence-electron chi connectivity index (χ0n) is 16.2. The average Bonchev–Trinajstić information content (AvgIpc) is 2.92. The quantitative estimate of drug-likeness (QED) is 0.428. The zero-order valence-corrected chi connectivity index (χ0v) is 16.2. The molecule has 7 atom stereocenters. The van der Waals surface area contributed by atoms with Gasteiger partial charge in [0, 0.05) is 0 Å². The van der Waals surface area contributed by atoms with Crippen LogP contribution in [0.5, 0.6) is 0 Å². The molecule has 0 aromatic heterocycles. The Hall–Kier alpha value is -0.770. The number of nitrogens with zero attached hydrogens (tertiary/aromatic N) is 1. The third-order valence-corrected chi connectivity index (χ3v) is 9.32. The van der Waals surface area contributed by atoms with Gasteiger partial charge < -0.3 is 0 Å². The second-order valence-corrected chi connectivity index (χ2v) is 10.2. The predicted molar refractivity (Wildman–Crippen MR) is 100 cm³/mol. The molecule has 0 unspecified atom stereocenters. The van der Waals surface area contributed by atoms with Gasteiger partial charge in [0.05, 0.1) is 6.57 Å². The van der Waals surface area contributed by atoms with Crippen LogP contribution < -0.4 is 0 Å². The van der Waals surface area contributed by atoms with E-state index in [0.717, 1.165) is 35.3 Å². The van der Waals surface area contributed by atoms with Crippen LogP contribution in [0.25, 0.3) is 4.85 Å². The minimum absolute atomic E-state index is 0.348. The lowest BCUT2D eigenvalue weighted by Gasteiger charge is -2.60. The van der Waals surface area contributed by atoms with E-state index in [9.17, 15) is 0 Å². The fourth-order valence-corrected chi connectivity index (χ4v) is 7.95. The normalized spacial score (nSPS) is 52.7. The molecule has 0 bridgehead atoms. The van der Waals surface area contributed by atoms with Crippen LogP contribution >= 0.6 is 0 Å². The number of fused-ring (bicyclic) bond motifs is 5. The molecule has 4 rings (SSSR count). The van der Waals surface area contributed by atoms with Crippen molar-refractivity contribution in [2.24, 2.45) is 40.4 Å². The first-order chi connectivity index (χ1) is 11.4. The number of hydrogen-bond acceptors (Lipinski definition) is 0. The fourth-order valence-electron chi connectivity index (χ4n) is 7.95. The number of rotatable bonds is 0. The van der Waals surface area contributed by atoms with Gasteiger partial charge in [0.25, 0.3) is 0 Å². The molecule has 4 aliphatic carbocycles. The Kier molecular flexibility index (Phi) is 3.91. The maximum absolute atomic E-state index is 7.49. The molecule has 4 saturated carbocycles. The number of hydrogen-bond donors (Lipinski definition) is 0.